The molecule has 0 fully saturated rings. The minimum absolute atomic E-state index is 0.0911. The summed E-state index contributed by atoms with van der Waals surface area (Å²) < 4.78 is 6.79. The Hall–Kier alpha value is -4.20. The van der Waals surface area contributed by atoms with Crippen LogP contribution >= 0.6 is 0 Å². The summed E-state index contributed by atoms with van der Waals surface area (Å²) in [5, 5.41) is 18.6. The molecule has 8 heteroatoms. The van der Waals surface area contributed by atoms with Gasteiger partial charge >= 0.3 is 0 Å². The molecule has 1 amide bonds. The normalized spacial score (nSPS) is 11.8. The minimum atomic E-state index is -0.488. The number of nitrogens with zero attached hydrogens (tertiary/aromatic N) is 3. The Morgan fingerprint density at radius 3 is 2.60 bits per heavy atom. The van der Waals surface area contributed by atoms with Gasteiger partial charge in [-0.25, -0.2) is 4.68 Å². The first-order valence-electron chi connectivity index (χ1n) is 9.27. The van der Waals surface area contributed by atoms with E-state index >= 15 is 0 Å². The monoisotopic (exact) mass is 402 g/mol. The second-order valence-corrected chi connectivity index (χ2v) is 6.69. The fraction of sp³-hybridized carbons (Fsp3) is 0.0909. The van der Waals surface area contributed by atoms with E-state index in [0.717, 1.165) is 5.56 Å². The van der Waals surface area contributed by atoms with Crippen LogP contribution in [-0.2, 0) is 0 Å². The first-order valence-corrected chi connectivity index (χ1v) is 9.27. The number of benzene rings is 2. The SMILES string of the molecule is C[C@@H](NC(=O)c1cc(-c2ccco2)nn1-c1cccc([N+](=O)[O-])c1)c1ccccc1. The number of carbonyl (C=O) groups excluding carboxylic acids is 1. The number of rotatable bonds is 6. The maximum atomic E-state index is 13.1. The summed E-state index contributed by atoms with van der Waals surface area (Å²) in [6, 6.07) is 20.4. The topological polar surface area (TPSA) is 103 Å². The van der Waals surface area contributed by atoms with Crippen molar-refractivity contribution in [3.8, 4) is 17.1 Å². The Kier molecular flexibility index (Phi) is 5.13. The van der Waals surface area contributed by atoms with Crippen molar-refractivity contribution < 1.29 is 14.1 Å². The second kappa shape index (κ2) is 8.04. The van der Waals surface area contributed by atoms with Gasteiger partial charge in [0.25, 0.3) is 11.6 Å². The number of furan rings is 1. The largest absolute Gasteiger partial charge is 0.463 e. The molecule has 0 aliphatic rings. The zero-order chi connectivity index (χ0) is 21.1. The highest BCUT2D eigenvalue weighted by atomic mass is 16.6. The predicted octanol–water partition coefficient (Wildman–Crippen LogP) is 4.53. The molecule has 0 radical (unpaired) electrons. The molecular formula is C22H18N4O4. The molecule has 2 heterocycles. The summed E-state index contributed by atoms with van der Waals surface area (Å²) in [6.45, 7) is 1.88. The molecule has 2 aromatic carbocycles. The Morgan fingerprint density at radius 2 is 1.90 bits per heavy atom. The Morgan fingerprint density at radius 1 is 1.10 bits per heavy atom. The molecule has 0 saturated heterocycles. The summed E-state index contributed by atoms with van der Waals surface area (Å²) in [5.41, 5.74) is 1.96. The van der Waals surface area contributed by atoms with Crippen LogP contribution in [-0.4, -0.2) is 20.6 Å². The van der Waals surface area contributed by atoms with Gasteiger partial charge in [-0.15, -0.1) is 0 Å². The molecule has 8 nitrogen and oxygen atoms in total. The van der Waals surface area contributed by atoms with E-state index in [1.54, 1.807) is 30.3 Å². The third kappa shape index (κ3) is 3.83. The fourth-order valence-electron chi connectivity index (χ4n) is 3.12. The summed E-state index contributed by atoms with van der Waals surface area (Å²) >= 11 is 0. The van der Waals surface area contributed by atoms with E-state index < -0.39 is 4.92 Å². The molecule has 0 bridgehead atoms. The van der Waals surface area contributed by atoms with Crippen molar-refractivity contribution in [1.82, 2.24) is 15.1 Å². The van der Waals surface area contributed by atoms with Gasteiger partial charge in [0.1, 0.15) is 11.4 Å². The molecule has 1 N–H and O–H groups in total. The van der Waals surface area contributed by atoms with Crippen molar-refractivity contribution in [3.63, 3.8) is 0 Å². The lowest BCUT2D eigenvalue weighted by atomic mass is 10.1. The number of carbonyl (C=O) groups is 1. The highest BCUT2D eigenvalue weighted by Gasteiger charge is 2.21. The van der Waals surface area contributed by atoms with Crippen molar-refractivity contribution in [2.45, 2.75) is 13.0 Å². The number of non-ortho nitro benzene ring substituents is 1. The standard InChI is InChI=1S/C22H18N4O4/c1-15(16-7-3-2-4-8-16)23-22(27)20-14-19(21-11-6-12-30-21)24-25(20)17-9-5-10-18(13-17)26(28)29/h2-15H,1H3,(H,23,27)/t15-/m1/s1. The van der Waals surface area contributed by atoms with Crippen molar-refractivity contribution in [2.24, 2.45) is 0 Å². The number of hydrogen-bond donors (Lipinski definition) is 1. The quantitative estimate of drug-likeness (QED) is 0.377. The number of nitro benzene ring substituents is 1. The average molecular weight is 402 g/mol. The summed E-state index contributed by atoms with van der Waals surface area (Å²) in [5.74, 6) is 0.132. The van der Waals surface area contributed by atoms with E-state index in [-0.39, 0.29) is 23.3 Å². The van der Waals surface area contributed by atoms with Crippen LogP contribution in [0.2, 0.25) is 0 Å². The average Bonchev–Trinajstić information content (AvgIpc) is 3.44. The van der Waals surface area contributed by atoms with Gasteiger partial charge in [-0.1, -0.05) is 36.4 Å². The molecule has 1 atom stereocenters. The number of aromatic nitrogens is 2. The molecule has 30 heavy (non-hydrogen) atoms. The first-order chi connectivity index (χ1) is 14.5. The van der Waals surface area contributed by atoms with Gasteiger partial charge in [-0.3, -0.25) is 14.9 Å². The van der Waals surface area contributed by atoms with Gasteiger partial charge < -0.3 is 9.73 Å². The lowest BCUT2D eigenvalue weighted by Crippen LogP contribution is -2.28. The molecule has 0 aliphatic carbocycles. The molecule has 0 saturated carbocycles. The molecule has 150 valence electrons. The lowest BCUT2D eigenvalue weighted by Gasteiger charge is -2.15. The third-order valence-corrected chi connectivity index (χ3v) is 4.65. The maximum absolute atomic E-state index is 13.1. The zero-order valence-corrected chi connectivity index (χ0v) is 16.1. The second-order valence-electron chi connectivity index (χ2n) is 6.69. The highest BCUT2D eigenvalue weighted by Crippen LogP contribution is 2.24. The van der Waals surface area contributed by atoms with E-state index in [2.05, 4.69) is 10.4 Å². The molecule has 4 aromatic rings. The molecule has 4 rings (SSSR count). The van der Waals surface area contributed by atoms with Gasteiger partial charge in [0, 0.05) is 18.2 Å². The van der Waals surface area contributed by atoms with E-state index in [1.807, 2.05) is 37.3 Å². The Balaban J connectivity index is 1.73. The van der Waals surface area contributed by atoms with E-state index in [9.17, 15) is 14.9 Å². The van der Waals surface area contributed by atoms with Crippen LogP contribution in [0.5, 0.6) is 0 Å². The van der Waals surface area contributed by atoms with Gasteiger partial charge in [0.05, 0.1) is 22.9 Å². The smallest absolute Gasteiger partial charge is 0.271 e. The fourth-order valence-corrected chi connectivity index (χ4v) is 3.12. The molecular weight excluding hydrogens is 384 g/mol. The number of nitrogens with one attached hydrogen (secondary N) is 1. The van der Waals surface area contributed by atoms with Crippen LogP contribution in [0.15, 0.2) is 83.5 Å². The number of nitro groups is 1. The van der Waals surface area contributed by atoms with Crippen LogP contribution in [0.1, 0.15) is 29.0 Å². The van der Waals surface area contributed by atoms with E-state index in [0.29, 0.717) is 17.1 Å². The lowest BCUT2D eigenvalue weighted by molar-refractivity contribution is -0.384. The maximum Gasteiger partial charge on any atom is 0.271 e. The van der Waals surface area contributed by atoms with Crippen LogP contribution in [0.3, 0.4) is 0 Å². The van der Waals surface area contributed by atoms with Gasteiger partial charge in [0.15, 0.2) is 5.76 Å². The van der Waals surface area contributed by atoms with Crippen LogP contribution in [0, 0.1) is 10.1 Å². The van der Waals surface area contributed by atoms with Crippen molar-refractivity contribution >= 4 is 11.6 Å². The highest BCUT2D eigenvalue weighted by molar-refractivity contribution is 5.94. The number of hydrogen-bond acceptors (Lipinski definition) is 5. The molecule has 2 aromatic heterocycles. The van der Waals surface area contributed by atoms with Crippen LogP contribution < -0.4 is 5.32 Å². The van der Waals surface area contributed by atoms with E-state index in [4.69, 9.17) is 4.42 Å². The van der Waals surface area contributed by atoms with E-state index in [1.165, 1.54) is 23.1 Å². The summed E-state index contributed by atoms with van der Waals surface area (Å²) in [7, 11) is 0. The zero-order valence-electron chi connectivity index (χ0n) is 16.1. The summed E-state index contributed by atoms with van der Waals surface area (Å²) in [6.07, 6.45) is 1.51. The number of amides is 1. The van der Waals surface area contributed by atoms with Crippen molar-refractivity contribution in [2.75, 3.05) is 0 Å². The first kappa shape index (κ1) is 19.1. The van der Waals surface area contributed by atoms with Crippen LogP contribution in [0.25, 0.3) is 17.1 Å². The molecule has 0 aliphatic heterocycles. The predicted molar refractivity (Wildman–Crippen MR) is 110 cm³/mol. The molecule has 0 unspecified atom stereocenters. The van der Waals surface area contributed by atoms with Crippen molar-refractivity contribution in [1.29, 1.82) is 0 Å². The Bertz CT molecular complexity index is 1180. The van der Waals surface area contributed by atoms with Gasteiger partial charge in [-0.05, 0) is 30.7 Å². The minimum Gasteiger partial charge on any atom is -0.463 e. The molecule has 0 spiro atoms. The van der Waals surface area contributed by atoms with Crippen LogP contribution in [0.4, 0.5) is 5.69 Å². The van der Waals surface area contributed by atoms with Gasteiger partial charge in [-0.2, -0.15) is 5.10 Å². The summed E-state index contributed by atoms with van der Waals surface area (Å²) in [4.78, 5) is 23.8. The third-order valence-electron chi connectivity index (χ3n) is 4.65. The van der Waals surface area contributed by atoms with Gasteiger partial charge in [0.2, 0.25) is 0 Å². The van der Waals surface area contributed by atoms with Crippen molar-refractivity contribution in [3.05, 3.63) is 100 Å². The Labute approximate surface area is 171 Å².